The number of furan rings is 1. The Kier molecular flexibility index (Phi) is 6.69. The summed E-state index contributed by atoms with van der Waals surface area (Å²) in [5.41, 5.74) is 0. The minimum absolute atomic E-state index is 0.00318. The number of hydrogen-bond acceptors (Lipinski definition) is 7. The number of likely N-dealkylation sites (N-methyl/N-ethyl adjacent to an activating group) is 1. The van der Waals surface area contributed by atoms with Crippen LogP contribution in [0.15, 0.2) is 25.9 Å². The zero-order chi connectivity index (χ0) is 17.6. The molecule has 1 aliphatic rings. The van der Waals surface area contributed by atoms with Crippen LogP contribution >= 0.6 is 11.8 Å². The van der Waals surface area contributed by atoms with Crippen LogP contribution < -0.4 is 4.72 Å². The third-order valence-electron chi connectivity index (χ3n) is 3.10. The summed E-state index contributed by atoms with van der Waals surface area (Å²) in [4.78, 5) is 6.29. The number of nitrogens with one attached hydrogen (secondary N) is 1. The lowest BCUT2D eigenvalue weighted by molar-refractivity contribution is 0.385. The number of rotatable bonds is 8. The van der Waals surface area contributed by atoms with Gasteiger partial charge in [0.25, 0.3) is 5.90 Å². The maximum atomic E-state index is 11.3. The van der Waals surface area contributed by atoms with E-state index in [1.807, 2.05) is 26.2 Å². The van der Waals surface area contributed by atoms with Gasteiger partial charge in [-0.3, -0.25) is 4.99 Å². The molecule has 0 atom stereocenters. The van der Waals surface area contributed by atoms with Gasteiger partial charge in [0.1, 0.15) is 11.5 Å². The van der Waals surface area contributed by atoms with E-state index in [1.165, 1.54) is 7.11 Å². The van der Waals surface area contributed by atoms with Gasteiger partial charge in [-0.15, -0.1) is 4.40 Å². The molecule has 0 unspecified atom stereocenters. The average Bonchev–Trinajstić information content (AvgIpc) is 3.08. The van der Waals surface area contributed by atoms with Crippen molar-refractivity contribution in [2.45, 2.75) is 12.2 Å². The summed E-state index contributed by atoms with van der Waals surface area (Å²) in [6.07, 6.45) is 0.893. The number of nitrogens with zero attached hydrogens (tertiary/aromatic N) is 3. The molecule has 0 aromatic carbocycles. The van der Waals surface area contributed by atoms with E-state index in [9.17, 15) is 8.42 Å². The Morgan fingerprint density at radius 2 is 2.12 bits per heavy atom. The summed E-state index contributed by atoms with van der Waals surface area (Å²) in [7, 11) is 1.73. The second-order valence-electron chi connectivity index (χ2n) is 5.38. The Bertz CT molecular complexity index is 710. The van der Waals surface area contributed by atoms with Gasteiger partial charge in [0, 0.05) is 18.7 Å². The number of hydrogen-bond donors (Lipinski definition) is 1. The topological polar surface area (TPSA) is 96.5 Å². The number of amidine groups is 1. The Morgan fingerprint density at radius 1 is 1.38 bits per heavy atom. The third kappa shape index (κ3) is 5.84. The van der Waals surface area contributed by atoms with Gasteiger partial charge in [-0.25, -0.2) is 4.72 Å². The number of aliphatic imine (C=N–C) groups is 1. The first-order valence-electron chi connectivity index (χ1n) is 7.41. The zero-order valence-electron chi connectivity index (χ0n) is 14.0. The van der Waals surface area contributed by atoms with Crippen molar-refractivity contribution in [1.29, 1.82) is 0 Å². The molecule has 0 amide bonds. The van der Waals surface area contributed by atoms with E-state index in [1.54, 1.807) is 11.8 Å². The van der Waals surface area contributed by atoms with Crippen LogP contribution in [0.5, 0.6) is 0 Å². The third-order valence-corrected chi connectivity index (χ3v) is 4.91. The first kappa shape index (κ1) is 18.8. The molecule has 1 aromatic heterocycles. The van der Waals surface area contributed by atoms with Crippen molar-refractivity contribution in [2.75, 3.05) is 40.0 Å². The lowest BCUT2D eigenvalue weighted by atomic mass is 10.3. The van der Waals surface area contributed by atoms with Gasteiger partial charge in [-0.05, 0) is 26.2 Å². The van der Waals surface area contributed by atoms with E-state index in [4.69, 9.17) is 9.15 Å². The highest BCUT2D eigenvalue weighted by atomic mass is 32.2. The Hall–Kier alpha value is -1.52. The van der Waals surface area contributed by atoms with Crippen LogP contribution in [0.25, 0.3) is 0 Å². The molecule has 0 radical (unpaired) electrons. The molecule has 134 valence electrons. The molecule has 1 N–H and O–H groups in total. The van der Waals surface area contributed by atoms with Gasteiger partial charge in [0.2, 0.25) is 5.84 Å². The highest BCUT2D eigenvalue weighted by Gasteiger charge is 2.26. The van der Waals surface area contributed by atoms with Gasteiger partial charge < -0.3 is 14.1 Å². The van der Waals surface area contributed by atoms with Gasteiger partial charge in [-0.1, -0.05) is 0 Å². The lowest BCUT2D eigenvalue weighted by Crippen LogP contribution is -2.27. The molecule has 2 heterocycles. The van der Waals surface area contributed by atoms with Crippen molar-refractivity contribution in [3.05, 3.63) is 23.7 Å². The minimum Gasteiger partial charge on any atom is -0.478 e. The molecule has 0 saturated heterocycles. The van der Waals surface area contributed by atoms with Gasteiger partial charge in [-0.2, -0.15) is 20.2 Å². The smallest absolute Gasteiger partial charge is 0.347 e. The van der Waals surface area contributed by atoms with E-state index in [0.717, 1.165) is 36.0 Å². The van der Waals surface area contributed by atoms with Crippen molar-refractivity contribution < 1.29 is 17.6 Å². The summed E-state index contributed by atoms with van der Waals surface area (Å²) >= 11 is 1.67. The lowest BCUT2D eigenvalue weighted by Gasteiger charge is -2.06. The summed E-state index contributed by atoms with van der Waals surface area (Å²) in [6.45, 7) is 1.41. The molecule has 0 saturated carbocycles. The first-order chi connectivity index (χ1) is 11.4. The molecule has 0 fully saturated rings. The normalized spacial score (nSPS) is 18.0. The predicted octanol–water partition coefficient (Wildman–Crippen LogP) is 0.908. The molecule has 2 rings (SSSR count). The largest absolute Gasteiger partial charge is 0.478 e. The zero-order valence-corrected chi connectivity index (χ0v) is 15.6. The van der Waals surface area contributed by atoms with Crippen LogP contribution in [0.4, 0.5) is 0 Å². The summed E-state index contributed by atoms with van der Waals surface area (Å²) < 4.78 is 38.9. The Labute approximate surface area is 146 Å². The molecule has 24 heavy (non-hydrogen) atoms. The van der Waals surface area contributed by atoms with E-state index in [2.05, 4.69) is 19.0 Å². The van der Waals surface area contributed by atoms with E-state index < -0.39 is 10.2 Å². The highest BCUT2D eigenvalue weighted by Crippen LogP contribution is 2.16. The van der Waals surface area contributed by atoms with Crippen LogP contribution in [0.1, 0.15) is 11.5 Å². The van der Waals surface area contributed by atoms with Crippen LogP contribution in [-0.2, 0) is 27.1 Å². The molecular formula is C14H22N4O4S2. The van der Waals surface area contributed by atoms with Crippen LogP contribution in [-0.4, -0.2) is 65.1 Å². The fourth-order valence-electron chi connectivity index (χ4n) is 1.94. The maximum absolute atomic E-state index is 11.3. The average molecular weight is 374 g/mol. The van der Waals surface area contributed by atoms with Crippen molar-refractivity contribution in [1.82, 2.24) is 9.62 Å². The van der Waals surface area contributed by atoms with E-state index in [0.29, 0.717) is 6.54 Å². The SMILES string of the molecule is COC1=NS(=O)(=O)NC1=NCCSCc1ccc(CCN(C)C)o1. The van der Waals surface area contributed by atoms with Crippen LogP contribution in [0.2, 0.25) is 0 Å². The second-order valence-corrected chi connectivity index (χ2v) is 7.82. The molecule has 0 bridgehead atoms. The van der Waals surface area contributed by atoms with Crippen LogP contribution in [0.3, 0.4) is 0 Å². The highest BCUT2D eigenvalue weighted by molar-refractivity contribution is 7.98. The fourth-order valence-corrected chi connectivity index (χ4v) is 3.48. The van der Waals surface area contributed by atoms with Crippen LogP contribution in [0, 0.1) is 0 Å². The number of thioether (sulfide) groups is 1. The maximum Gasteiger partial charge on any atom is 0.347 e. The van der Waals surface area contributed by atoms with Crippen molar-refractivity contribution in [3.8, 4) is 0 Å². The minimum atomic E-state index is -3.69. The summed E-state index contributed by atoms with van der Waals surface area (Å²) in [5.74, 6) is 3.56. The standard InChI is InChI=1S/C14H22N4O4S2/c1-18(2)8-6-11-4-5-12(22-11)10-23-9-7-15-13-14(21-3)17-24(19,20)16-13/h4-5H,6-10H2,1-3H3,(H,15,16). The number of methoxy groups -OCH3 is 1. The molecule has 1 aliphatic heterocycles. The predicted molar refractivity (Wildman–Crippen MR) is 95.9 cm³/mol. The van der Waals surface area contributed by atoms with Crippen molar-refractivity contribution in [2.24, 2.45) is 9.39 Å². The monoisotopic (exact) mass is 374 g/mol. The quantitative estimate of drug-likeness (QED) is 0.680. The molecule has 0 spiro atoms. The molecule has 8 nitrogen and oxygen atoms in total. The molecule has 0 aliphatic carbocycles. The fraction of sp³-hybridized carbons (Fsp3) is 0.571. The van der Waals surface area contributed by atoms with Crippen molar-refractivity contribution >= 4 is 33.7 Å². The molecular weight excluding hydrogens is 352 g/mol. The summed E-state index contributed by atoms with van der Waals surface area (Å²) in [6, 6.07) is 4.00. The second kappa shape index (κ2) is 8.54. The van der Waals surface area contributed by atoms with E-state index >= 15 is 0 Å². The van der Waals surface area contributed by atoms with Gasteiger partial charge in [0.15, 0.2) is 0 Å². The number of ether oxygens (including phenoxy) is 1. The first-order valence-corrected chi connectivity index (χ1v) is 10.0. The van der Waals surface area contributed by atoms with Gasteiger partial charge in [0.05, 0.1) is 19.4 Å². The molecule has 10 heteroatoms. The molecule has 1 aromatic rings. The Morgan fingerprint density at radius 3 is 2.83 bits per heavy atom. The van der Waals surface area contributed by atoms with E-state index in [-0.39, 0.29) is 11.7 Å². The van der Waals surface area contributed by atoms with Crippen molar-refractivity contribution in [3.63, 3.8) is 0 Å². The van der Waals surface area contributed by atoms with Gasteiger partial charge >= 0.3 is 10.2 Å². The summed E-state index contributed by atoms with van der Waals surface area (Å²) in [5, 5.41) is 0. The Balaban J connectivity index is 1.72.